The quantitative estimate of drug-likeness (QED) is 0.824. The van der Waals surface area contributed by atoms with E-state index in [1.165, 1.54) is 25.7 Å². The van der Waals surface area contributed by atoms with Crippen molar-refractivity contribution in [3.63, 3.8) is 0 Å². The van der Waals surface area contributed by atoms with Gasteiger partial charge in [0.2, 0.25) is 5.95 Å². The van der Waals surface area contributed by atoms with E-state index in [9.17, 15) is 0 Å². The van der Waals surface area contributed by atoms with Crippen LogP contribution in [0.25, 0.3) is 5.69 Å². The molecule has 0 amide bonds. The van der Waals surface area contributed by atoms with E-state index in [1.807, 2.05) is 35.0 Å². The Labute approximate surface area is 112 Å². The van der Waals surface area contributed by atoms with Crippen molar-refractivity contribution in [1.29, 1.82) is 0 Å². The molecule has 1 aliphatic heterocycles. The van der Waals surface area contributed by atoms with Gasteiger partial charge in [-0.25, -0.2) is 0 Å². The van der Waals surface area contributed by atoms with Gasteiger partial charge in [-0.1, -0.05) is 23.3 Å². The number of hydrogen-bond donors (Lipinski definition) is 0. The molecule has 2 aliphatic rings. The Balaban J connectivity index is 1.67. The van der Waals surface area contributed by atoms with E-state index < -0.39 is 0 Å². The van der Waals surface area contributed by atoms with Crippen molar-refractivity contribution in [1.82, 2.24) is 20.2 Å². The van der Waals surface area contributed by atoms with Crippen molar-refractivity contribution < 1.29 is 0 Å². The molecule has 1 saturated carbocycles. The molecule has 2 fully saturated rings. The lowest BCUT2D eigenvalue weighted by Gasteiger charge is -2.33. The molecule has 0 atom stereocenters. The van der Waals surface area contributed by atoms with Crippen LogP contribution in [0.2, 0.25) is 0 Å². The third kappa shape index (κ3) is 1.89. The first-order valence-electron chi connectivity index (χ1n) is 6.95. The molecule has 0 radical (unpaired) electrons. The van der Waals surface area contributed by atoms with Gasteiger partial charge in [0.15, 0.2) is 0 Å². The minimum Gasteiger partial charge on any atom is -0.339 e. The van der Waals surface area contributed by atoms with Gasteiger partial charge < -0.3 is 4.90 Å². The van der Waals surface area contributed by atoms with Gasteiger partial charge in [-0.15, -0.1) is 0 Å². The molecule has 0 bridgehead atoms. The van der Waals surface area contributed by atoms with Crippen molar-refractivity contribution in [3.05, 3.63) is 30.3 Å². The summed E-state index contributed by atoms with van der Waals surface area (Å²) in [4.78, 5) is 2.35. The van der Waals surface area contributed by atoms with Crippen LogP contribution < -0.4 is 4.90 Å². The molecule has 1 aromatic carbocycles. The van der Waals surface area contributed by atoms with E-state index in [-0.39, 0.29) is 0 Å². The highest BCUT2D eigenvalue weighted by atomic mass is 15.6. The van der Waals surface area contributed by atoms with Gasteiger partial charge in [0.25, 0.3) is 0 Å². The van der Waals surface area contributed by atoms with Crippen LogP contribution in [0.4, 0.5) is 5.95 Å². The fourth-order valence-electron chi connectivity index (χ4n) is 3.08. The summed E-state index contributed by atoms with van der Waals surface area (Å²) >= 11 is 0. The summed E-state index contributed by atoms with van der Waals surface area (Å²) in [5.41, 5.74) is 1.60. The van der Waals surface area contributed by atoms with Crippen LogP contribution in [0, 0.1) is 5.41 Å². The Kier molecular flexibility index (Phi) is 2.33. The lowest BCUT2D eigenvalue weighted by molar-refractivity contribution is 0.390. The van der Waals surface area contributed by atoms with E-state index in [1.54, 1.807) is 0 Å². The third-order valence-electron chi connectivity index (χ3n) is 4.36. The largest absolute Gasteiger partial charge is 0.339 e. The maximum atomic E-state index is 4.24. The van der Waals surface area contributed by atoms with Crippen LogP contribution in [-0.2, 0) is 0 Å². The first kappa shape index (κ1) is 11.0. The molecule has 0 N–H and O–H groups in total. The fraction of sp³-hybridized carbons (Fsp3) is 0.500. The predicted molar refractivity (Wildman–Crippen MR) is 72.3 cm³/mol. The van der Waals surface area contributed by atoms with Gasteiger partial charge in [-0.2, -0.15) is 4.68 Å². The molecule has 98 valence electrons. The first-order valence-corrected chi connectivity index (χ1v) is 6.95. The lowest BCUT2D eigenvalue weighted by Crippen LogP contribution is -2.38. The predicted octanol–water partition coefficient (Wildman–Crippen LogP) is 2.04. The highest BCUT2D eigenvalue weighted by Crippen LogP contribution is 2.52. The molecule has 4 rings (SSSR count). The van der Waals surface area contributed by atoms with Gasteiger partial charge in [-0.05, 0) is 53.7 Å². The van der Waals surface area contributed by atoms with Gasteiger partial charge >= 0.3 is 0 Å². The van der Waals surface area contributed by atoms with Crippen molar-refractivity contribution in [3.8, 4) is 5.69 Å². The number of tetrazole rings is 1. The summed E-state index contributed by atoms with van der Waals surface area (Å²) in [7, 11) is 0. The van der Waals surface area contributed by atoms with E-state index in [4.69, 9.17) is 0 Å². The molecule has 1 aliphatic carbocycles. The summed E-state index contributed by atoms with van der Waals surface area (Å²) < 4.78 is 1.85. The molecule has 0 unspecified atom stereocenters. The minimum atomic E-state index is 0.575. The topological polar surface area (TPSA) is 46.8 Å². The zero-order valence-corrected chi connectivity index (χ0v) is 10.9. The number of rotatable bonds is 2. The van der Waals surface area contributed by atoms with Crippen molar-refractivity contribution in [2.45, 2.75) is 25.7 Å². The second kappa shape index (κ2) is 4.05. The van der Waals surface area contributed by atoms with Crippen molar-refractivity contribution in [2.24, 2.45) is 5.41 Å². The number of benzene rings is 1. The summed E-state index contributed by atoms with van der Waals surface area (Å²) in [6.07, 6.45) is 5.37. The van der Waals surface area contributed by atoms with Gasteiger partial charge in [-0.3, -0.25) is 0 Å². The van der Waals surface area contributed by atoms with Crippen LogP contribution in [0.1, 0.15) is 25.7 Å². The maximum Gasteiger partial charge on any atom is 0.250 e. The highest BCUT2D eigenvalue weighted by molar-refractivity contribution is 5.41. The molecule has 1 saturated heterocycles. The third-order valence-corrected chi connectivity index (χ3v) is 4.36. The summed E-state index contributed by atoms with van der Waals surface area (Å²) in [5.74, 6) is 0.886. The Bertz CT molecular complexity index is 573. The standard InChI is InChI=1S/C14H17N5/c1-2-5-12(6-3-1)19-13(15-16-17-19)18-10-4-7-14(11-18)8-9-14/h1-3,5-6H,4,7-11H2. The number of aromatic nitrogens is 4. The van der Waals surface area contributed by atoms with Gasteiger partial charge in [0.05, 0.1) is 5.69 Å². The molecule has 1 spiro atoms. The number of para-hydroxylation sites is 1. The Morgan fingerprint density at radius 1 is 1.05 bits per heavy atom. The first-order chi connectivity index (χ1) is 9.36. The smallest absolute Gasteiger partial charge is 0.250 e. The van der Waals surface area contributed by atoms with E-state index in [0.29, 0.717) is 5.41 Å². The van der Waals surface area contributed by atoms with E-state index in [0.717, 1.165) is 24.7 Å². The number of piperidine rings is 1. The number of anilines is 1. The summed E-state index contributed by atoms with van der Waals surface area (Å²) in [5, 5.41) is 12.2. The van der Waals surface area contributed by atoms with Crippen LogP contribution in [0.15, 0.2) is 30.3 Å². The van der Waals surface area contributed by atoms with Gasteiger partial charge in [0.1, 0.15) is 0 Å². The lowest BCUT2D eigenvalue weighted by atomic mass is 9.95. The number of nitrogens with zero attached hydrogens (tertiary/aromatic N) is 5. The molecule has 19 heavy (non-hydrogen) atoms. The monoisotopic (exact) mass is 255 g/mol. The SMILES string of the molecule is c1ccc(-n2nnnc2N2CCCC3(CC3)C2)cc1. The molecule has 5 nitrogen and oxygen atoms in total. The van der Waals surface area contributed by atoms with Gasteiger partial charge in [0, 0.05) is 13.1 Å². The van der Waals surface area contributed by atoms with E-state index >= 15 is 0 Å². The fourth-order valence-corrected chi connectivity index (χ4v) is 3.08. The zero-order valence-electron chi connectivity index (χ0n) is 10.9. The molecule has 2 aromatic rings. The summed E-state index contributed by atoms with van der Waals surface area (Å²) in [6.45, 7) is 2.18. The van der Waals surface area contributed by atoms with Crippen molar-refractivity contribution >= 4 is 5.95 Å². The highest BCUT2D eigenvalue weighted by Gasteiger charge is 2.46. The van der Waals surface area contributed by atoms with Crippen LogP contribution in [0.5, 0.6) is 0 Å². The normalized spacial score (nSPS) is 20.7. The van der Waals surface area contributed by atoms with Crippen molar-refractivity contribution in [2.75, 3.05) is 18.0 Å². The molecular weight excluding hydrogens is 238 g/mol. The average molecular weight is 255 g/mol. The average Bonchev–Trinajstić information content (AvgIpc) is 3.04. The second-order valence-corrected chi connectivity index (χ2v) is 5.75. The maximum absolute atomic E-state index is 4.24. The van der Waals surface area contributed by atoms with Crippen LogP contribution in [0.3, 0.4) is 0 Å². The molecule has 1 aromatic heterocycles. The zero-order chi connectivity index (χ0) is 12.7. The van der Waals surface area contributed by atoms with E-state index in [2.05, 4.69) is 20.4 Å². The Morgan fingerprint density at radius 2 is 1.89 bits per heavy atom. The summed E-state index contributed by atoms with van der Waals surface area (Å²) in [6, 6.07) is 10.1. The molecule has 2 heterocycles. The van der Waals surface area contributed by atoms with Crippen LogP contribution in [-0.4, -0.2) is 33.3 Å². The Hall–Kier alpha value is -1.91. The second-order valence-electron chi connectivity index (χ2n) is 5.75. The molecular formula is C14H17N5. The molecule has 5 heteroatoms. The number of hydrogen-bond acceptors (Lipinski definition) is 4. The minimum absolute atomic E-state index is 0.575. The Morgan fingerprint density at radius 3 is 2.68 bits per heavy atom. The van der Waals surface area contributed by atoms with Crippen LogP contribution >= 0.6 is 0 Å².